The lowest BCUT2D eigenvalue weighted by molar-refractivity contribution is -0.139. The summed E-state index contributed by atoms with van der Waals surface area (Å²) in [5.74, 6) is -0.985. The number of halogens is 1. The van der Waals surface area contributed by atoms with Crippen LogP contribution in [0.15, 0.2) is 0 Å². The summed E-state index contributed by atoms with van der Waals surface area (Å²) < 4.78 is 0. The van der Waals surface area contributed by atoms with Gasteiger partial charge in [0.05, 0.1) is 0 Å². The molecule has 3 N–H and O–H groups in total. The molecule has 0 aromatic heterocycles. The zero-order valence-electron chi connectivity index (χ0n) is 9.78. The highest BCUT2D eigenvalue weighted by atomic mass is 35.5. The first kappa shape index (κ1) is 17.6. The van der Waals surface area contributed by atoms with Crippen molar-refractivity contribution >= 4 is 24.3 Å². The van der Waals surface area contributed by atoms with E-state index in [0.29, 0.717) is 19.5 Å². The van der Waals surface area contributed by atoms with Crippen molar-refractivity contribution in [2.24, 2.45) is 0 Å². The molecule has 1 amide bonds. The first-order valence-electron chi connectivity index (χ1n) is 5.34. The summed E-state index contributed by atoms with van der Waals surface area (Å²) in [5, 5.41) is 14.3. The molecule has 5 nitrogen and oxygen atoms in total. The van der Waals surface area contributed by atoms with Crippen LogP contribution in [-0.2, 0) is 9.59 Å². The average molecular weight is 253 g/mol. The van der Waals surface area contributed by atoms with Crippen LogP contribution in [0.1, 0.15) is 33.1 Å². The van der Waals surface area contributed by atoms with Gasteiger partial charge in [-0.25, -0.2) is 0 Å². The normalized spacial score (nSPS) is 11.4. The summed E-state index contributed by atoms with van der Waals surface area (Å²) in [4.78, 5) is 21.9. The van der Waals surface area contributed by atoms with Crippen molar-refractivity contribution in [3.05, 3.63) is 0 Å². The van der Waals surface area contributed by atoms with Gasteiger partial charge in [0.15, 0.2) is 0 Å². The molecule has 0 aliphatic rings. The molecule has 1 atom stereocenters. The third-order valence-electron chi connectivity index (χ3n) is 1.98. The molecule has 0 aliphatic heterocycles. The van der Waals surface area contributed by atoms with Crippen LogP contribution < -0.4 is 10.6 Å². The van der Waals surface area contributed by atoms with Crippen molar-refractivity contribution < 1.29 is 14.7 Å². The summed E-state index contributed by atoms with van der Waals surface area (Å²) >= 11 is 0. The molecule has 0 rings (SSSR count). The van der Waals surface area contributed by atoms with Crippen molar-refractivity contribution in [3.63, 3.8) is 0 Å². The Balaban J connectivity index is 0. The smallest absolute Gasteiger partial charge is 0.320 e. The lowest BCUT2D eigenvalue weighted by Gasteiger charge is -2.12. The predicted octanol–water partition coefficient (Wildman–Crippen LogP) is 0.777. The second kappa shape index (κ2) is 10.7. The number of carbonyl (C=O) groups excluding carboxylic acids is 1. The van der Waals surface area contributed by atoms with E-state index in [4.69, 9.17) is 5.11 Å². The fourth-order valence-electron chi connectivity index (χ4n) is 1.19. The summed E-state index contributed by atoms with van der Waals surface area (Å²) in [7, 11) is 0. The third-order valence-corrected chi connectivity index (χ3v) is 1.98. The van der Waals surface area contributed by atoms with E-state index in [1.807, 2.05) is 13.8 Å². The maximum atomic E-state index is 11.2. The van der Waals surface area contributed by atoms with E-state index in [0.717, 1.165) is 6.42 Å². The van der Waals surface area contributed by atoms with Crippen molar-refractivity contribution in [2.45, 2.75) is 39.2 Å². The summed E-state index contributed by atoms with van der Waals surface area (Å²) in [6.07, 6.45) is 1.48. The maximum absolute atomic E-state index is 11.2. The van der Waals surface area contributed by atoms with Crippen LogP contribution >= 0.6 is 12.4 Å². The molecule has 0 bridgehead atoms. The van der Waals surface area contributed by atoms with Crippen LogP contribution in [0.3, 0.4) is 0 Å². The highest BCUT2D eigenvalue weighted by Crippen LogP contribution is 1.97. The minimum absolute atomic E-state index is 0. The SMILES string of the molecule is CCCNC(=O)CCC(NCC)C(=O)O.Cl. The molecule has 6 heteroatoms. The molecule has 16 heavy (non-hydrogen) atoms. The third kappa shape index (κ3) is 8.49. The minimum Gasteiger partial charge on any atom is -0.480 e. The fraction of sp³-hybridized carbons (Fsp3) is 0.800. The molecular formula is C10H21ClN2O3. The van der Waals surface area contributed by atoms with Crippen molar-refractivity contribution in [1.82, 2.24) is 10.6 Å². The van der Waals surface area contributed by atoms with E-state index in [2.05, 4.69) is 10.6 Å². The zero-order chi connectivity index (χ0) is 11.7. The molecule has 0 fully saturated rings. The number of hydrogen-bond acceptors (Lipinski definition) is 3. The molecule has 0 heterocycles. The topological polar surface area (TPSA) is 78.4 Å². The molecule has 0 radical (unpaired) electrons. The van der Waals surface area contributed by atoms with E-state index >= 15 is 0 Å². The minimum atomic E-state index is -0.903. The molecule has 96 valence electrons. The zero-order valence-corrected chi connectivity index (χ0v) is 10.6. The van der Waals surface area contributed by atoms with Crippen LogP contribution in [0.2, 0.25) is 0 Å². The van der Waals surface area contributed by atoms with Gasteiger partial charge in [0, 0.05) is 13.0 Å². The van der Waals surface area contributed by atoms with Crippen LogP contribution in [0.5, 0.6) is 0 Å². The van der Waals surface area contributed by atoms with Gasteiger partial charge < -0.3 is 15.7 Å². The number of amides is 1. The Morgan fingerprint density at radius 1 is 1.31 bits per heavy atom. The number of carboxylic acids is 1. The van der Waals surface area contributed by atoms with Gasteiger partial charge in [-0.05, 0) is 19.4 Å². The average Bonchev–Trinajstić information content (AvgIpc) is 2.20. The summed E-state index contributed by atoms with van der Waals surface area (Å²) in [6.45, 7) is 5.05. The number of hydrogen-bond donors (Lipinski definition) is 3. The second-order valence-electron chi connectivity index (χ2n) is 3.34. The van der Waals surface area contributed by atoms with Gasteiger partial charge in [0.25, 0.3) is 0 Å². The van der Waals surface area contributed by atoms with Crippen molar-refractivity contribution in [3.8, 4) is 0 Å². The Morgan fingerprint density at radius 3 is 2.38 bits per heavy atom. The van der Waals surface area contributed by atoms with Crippen molar-refractivity contribution in [2.75, 3.05) is 13.1 Å². The number of carbonyl (C=O) groups is 2. The Hall–Kier alpha value is -0.810. The highest BCUT2D eigenvalue weighted by molar-refractivity contribution is 5.85. The monoisotopic (exact) mass is 252 g/mol. The van der Waals surface area contributed by atoms with E-state index < -0.39 is 12.0 Å². The van der Waals surface area contributed by atoms with Crippen LogP contribution in [0.25, 0.3) is 0 Å². The molecule has 1 unspecified atom stereocenters. The Kier molecular flexibility index (Phi) is 11.8. The van der Waals surface area contributed by atoms with E-state index in [9.17, 15) is 9.59 Å². The lowest BCUT2D eigenvalue weighted by Crippen LogP contribution is -2.37. The second-order valence-corrected chi connectivity index (χ2v) is 3.34. The largest absolute Gasteiger partial charge is 0.480 e. The van der Waals surface area contributed by atoms with E-state index in [1.54, 1.807) is 0 Å². The van der Waals surface area contributed by atoms with Crippen LogP contribution in [0, 0.1) is 0 Å². The quantitative estimate of drug-likeness (QED) is 0.597. The standard InChI is InChI=1S/C10H20N2O3.ClH/c1-3-7-12-9(13)6-5-8(10(14)15)11-4-2;/h8,11H,3-7H2,1-2H3,(H,12,13)(H,14,15);1H. The van der Waals surface area contributed by atoms with Gasteiger partial charge in [0.2, 0.25) is 5.91 Å². The number of aliphatic carboxylic acids is 1. The van der Waals surface area contributed by atoms with Gasteiger partial charge in [0.1, 0.15) is 6.04 Å². The van der Waals surface area contributed by atoms with Crippen LogP contribution in [-0.4, -0.2) is 36.1 Å². The Morgan fingerprint density at radius 2 is 1.94 bits per heavy atom. The molecule has 0 saturated carbocycles. The van der Waals surface area contributed by atoms with E-state index in [-0.39, 0.29) is 24.7 Å². The highest BCUT2D eigenvalue weighted by Gasteiger charge is 2.16. The number of likely N-dealkylation sites (N-methyl/N-ethyl adjacent to an activating group) is 1. The Bertz CT molecular complexity index is 212. The number of nitrogens with one attached hydrogen (secondary N) is 2. The van der Waals surface area contributed by atoms with Crippen LogP contribution in [0.4, 0.5) is 0 Å². The lowest BCUT2D eigenvalue weighted by atomic mass is 10.1. The summed E-state index contributed by atoms with van der Waals surface area (Å²) in [6, 6.07) is -0.623. The van der Waals surface area contributed by atoms with Gasteiger partial charge in [-0.1, -0.05) is 13.8 Å². The molecule has 0 aliphatic carbocycles. The first-order chi connectivity index (χ1) is 7.11. The van der Waals surface area contributed by atoms with Gasteiger partial charge in [-0.15, -0.1) is 12.4 Å². The molecule has 0 saturated heterocycles. The molecule has 0 aromatic carbocycles. The Labute approximate surface area is 102 Å². The van der Waals surface area contributed by atoms with Crippen molar-refractivity contribution in [1.29, 1.82) is 0 Å². The molecular weight excluding hydrogens is 232 g/mol. The number of carboxylic acid groups (broad SMARTS) is 1. The van der Waals surface area contributed by atoms with E-state index in [1.165, 1.54) is 0 Å². The maximum Gasteiger partial charge on any atom is 0.320 e. The van der Waals surface area contributed by atoms with Gasteiger partial charge in [-0.3, -0.25) is 9.59 Å². The fourth-order valence-corrected chi connectivity index (χ4v) is 1.19. The predicted molar refractivity (Wildman–Crippen MR) is 64.9 cm³/mol. The molecule has 0 aromatic rings. The first-order valence-corrected chi connectivity index (χ1v) is 5.34. The van der Waals surface area contributed by atoms with Gasteiger partial charge >= 0.3 is 5.97 Å². The number of rotatable bonds is 8. The molecule has 0 spiro atoms. The van der Waals surface area contributed by atoms with Gasteiger partial charge in [-0.2, -0.15) is 0 Å². The summed E-state index contributed by atoms with van der Waals surface area (Å²) in [5.41, 5.74) is 0.